The molecule has 0 N–H and O–H groups in total. The van der Waals surface area contributed by atoms with Crippen LogP contribution in [0, 0.1) is 0 Å². The fourth-order valence-corrected chi connectivity index (χ4v) is 2.20. The number of ether oxygens (including phenoxy) is 1. The molecule has 2 rings (SSSR count). The first kappa shape index (κ1) is 12.4. The van der Waals surface area contributed by atoms with Gasteiger partial charge in [-0.3, -0.25) is 4.79 Å². The maximum absolute atomic E-state index is 11.9. The average molecular weight is 262 g/mol. The Bertz CT molecular complexity index is 560. The molecule has 5 heteroatoms. The number of benzene rings is 1. The summed E-state index contributed by atoms with van der Waals surface area (Å²) in [5, 5.41) is -0.253. The van der Waals surface area contributed by atoms with E-state index >= 15 is 0 Å². The summed E-state index contributed by atoms with van der Waals surface area (Å²) in [7, 11) is 1.30. The molecule has 2 aromatic rings. The van der Waals surface area contributed by atoms with E-state index in [4.69, 9.17) is 4.42 Å². The van der Waals surface area contributed by atoms with Crippen molar-refractivity contribution in [2.24, 2.45) is 0 Å². The summed E-state index contributed by atoms with van der Waals surface area (Å²) in [4.78, 5) is 23.9. The van der Waals surface area contributed by atoms with Gasteiger partial charge < -0.3 is 9.15 Å². The quantitative estimate of drug-likeness (QED) is 0.628. The first-order valence-electron chi connectivity index (χ1n) is 5.15. The summed E-state index contributed by atoms with van der Waals surface area (Å²) < 4.78 is 9.67. The van der Waals surface area contributed by atoms with E-state index in [9.17, 15) is 9.59 Å². The number of furan rings is 1. The molecule has 0 unspecified atom stereocenters. The van der Waals surface area contributed by atoms with E-state index < -0.39 is 5.97 Å². The van der Waals surface area contributed by atoms with Gasteiger partial charge in [0, 0.05) is 4.90 Å². The summed E-state index contributed by atoms with van der Waals surface area (Å²) in [6.07, 6.45) is 1.43. The van der Waals surface area contributed by atoms with Gasteiger partial charge in [-0.15, -0.1) is 0 Å². The zero-order chi connectivity index (χ0) is 13.0. The standard InChI is InChI=1S/C13H10O4S/c1-16-12(14)9-5-2-3-7-11(9)18-13(15)10-6-4-8-17-10/h2-8H,1H3. The largest absolute Gasteiger partial charge is 0.465 e. The lowest BCUT2D eigenvalue weighted by Gasteiger charge is -2.05. The van der Waals surface area contributed by atoms with Crippen molar-refractivity contribution in [3.05, 3.63) is 54.0 Å². The van der Waals surface area contributed by atoms with E-state index in [1.807, 2.05) is 0 Å². The number of carbonyl (C=O) groups is 2. The van der Waals surface area contributed by atoms with E-state index in [2.05, 4.69) is 4.74 Å². The lowest BCUT2D eigenvalue weighted by atomic mass is 10.2. The van der Waals surface area contributed by atoms with Gasteiger partial charge in [0.2, 0.25) is 0 Å². The van der Waals surface area contributed by atoms with Gasteiger partial charge in [-0.25, -0.2) is 4.79 Å². The second kappa shape index (κ2) is 5.55. The van der Waals surface area contributed by atoms with Crippen molar-refractivity contribution in [1.82, 2.24) is 0 Å². The molecule has 0 aliphatic rings. The third-order valence-electron chi connectivity index (χ3n) is 2.22. The molecule has 1 aromatic heterocycles. The highest BCUT2D eigenvalue weighted by atomic mass is 32.2. The SMILES string of the molecule is COC(=O)c1ccccc1SC(=O)c1ccco1. The molecule has 1 heterocycles. The molecule has 0 bridgehead atoms. The third kappa shape index (κ3) is 2.62. The summed E-state index contributed by atoms with van der Waals surface area (Å²) in [6, 6.07) is 10.00. The Morgan fingerprint density at radius 1 is 1.17 bits per heavy atom. The Labute approximate surface area is 108 Å². The Morgan fingerprint density at radius 2 is 1.94 bits per heavy atom. The van der Waals surface area contributed by atoms with Gasteiger partial charge in [0.15, 0.2) is 5.76 Å². The van der Waals surface area contributed by atoms with Crippen LogP contribution in [0.1, 0.15) is 20.9 Å². The predicted octanol–water partition coefficient (Wildman–Crippen LogP) is 3.00. The van der Waals surface area contributed by atoms with Crippen LogP contribution >= 0.6 is 11.8 Å². The van der Waals surface area contributed by atoms with Crippen LogP contribution in [0.3, 0.4) is 0 Å². The smallest absolute Gasteiger partial charge is 0.339 e. The molecule has 0 amide bonds. The predicted molar refractivity (Wildman–Crippen MR) is 66.7 cm³/mol. The van der Waals surface area contributed by atoms with Crippen molar-refractivity contribution < 1.29 is 18.7 Å². The number of hydrogen-bond acceptors (Lipinski definition) is 5. The number of thioether (sulfide) groups is 1. The van der Waals surface area contributed by atoms with Gasteiger partial charge in [-0.2, -0.15) is 0 Å². The van der Waals surface area contributed by atoms with Crippen molar-refractivity contribution in [3.8, 4) is 0 Å². The van der Waals surface area contributed by atoms with E-state index in [0.29, 0.717) is 10.5 Å². The molecule has 0 aliphatic carbocycles. The molecule has 0 radical (unpaired) electrons. The van der Waals surface area contributed by atoms with Crippen LogP contribution in [0.25, 0.3) is 0 Å². The summed E-state index contributed by atoms with van der Waals surface area (Å²) in [5.41, 5.74) is 0.366. The van der Waals surface area contributed by atoms with Gasteiger partial charge in [-0.1, -0.05) is 12.1 Å². The Hall–Kier alpha value is -2.01. The minimum Gasteiger partial charge on any atom is -0.465 e. The Kier molecular flexibility index (Phi) is 3.84. The molecule has 4 nitrogen and oxygen atoms in total. The maximum Gasteiger partial charge on any atom is 0.339 e. The van der Waals surface area contributed by atoms with Crippen LogP contribution in [-0.4, -0.2) is 18.2 Å². The number of hydrogen-bond donors (Lipinski definition) is 0. The van der Waals surface area contributed by atoms with Gasteiger partial charge >= 0.3 is 5.97 Å². The Morgan fingerprint density at radius 3 is 2.61 bits per heavy atom. The summed E-state index contributed by atoms with van der Waals surface area (Å²) in [6.45, 7) is 0. The van der Waals surface area contributed by atoms with Crippen LogP contribution in [0.15, 0.2) is 52.0 Å². The second-order valence-corrected chi connectivity index (χ2v) is 4.37. The highest BCUT2D eigenvalue weighted by Gasteiger charge is 2.17. The average Bonchev–Trinajstić information content (AvgIpc) is 2.92. The number of methoxy groups -OCH3 is 1. The van der Waals surface area contributed by atoms with Crippen LogP contribution in [0.4, 0.5) is 0 Å². The fourth-order valence-electron chi connectivity index (χ4n) is 1.38. The van der Waals surface area contributed by atoms with Crippen molar-refractivity contribution in [1.29, 1.82) is 0 Å². The zero-order valence-corrected chi connectivity index (χ0v) is 10.4. The second-order valence-electron chi connectivity index (χ2n) is 3.35. The van der Waals surface area contributed by atoms with Crippen LogP contribution in [-0.2, 0) is 4.74 Å². The zero-order valence-electron chi connectivity index (χ0n) is 9.58. The van der Waals surface area contributed by atoms with Crippen molar-refractivity contribution in [2.75, 3.05) is 7.11 Å². The van der Waals surface area contributed by atoms with Crippen molar-refractivity contribution in [2.45, 2.75) is 4.90 Å². The third-order valence-corrected chi connectivity index (χ3v) is 3.18. The molecular formula is C13H10O4S. The van der Waals surface area contributed by atoms with Gasteiger partial charge in [0.1, 0.15) is 0 Å². The first-order valence-corrected chi connectivity index (χ1v) is 5.97. The summed E-state index contributed by atoms with van der Waals surface area (Å²) in [5.74, 6) is -0.218. The minimum absolute atomic E-state index is 0.250. The van der Waals surface area contributed by atoms with E-state index in [0.717, 1.165) is 11.8 Å². The molecule has 1 aromatic carbocycles. The normalized spacial score (nSPS) is 10.1. The molecule has 0 saturated heterocycles. The van der Waals surface area contributed by atoms with Crippen LogP contribution in [0.5, 0.6) is 0 Å². The van der Waals surface area contributed by atoms with Gasteiger partial charge in [0.05, 0.1) is 18.9 Å². The molecular weight excluding hydrogens is 252 g/mol. The highest BCUT2D eigenvalue weighted by Crippen LogP contribution is 2.26. The fraction of sp³-hybridized carbons (Fsp3) is 0.0769. The molecule has 0 aliphatic heterocycles. The number of carbonyl (C=O) groups excluding carboxylic acids is 2. The maximum atomic E-state index is 11.9. The molecule has 0 spiro atoms. The number of esters is 1. The molecule has 0 saturated carbocycles. The molecule has 0 atom stereocenters. The lowest BCUT2D eigenvalue weighted by molar-refractivity contribution is 0.0597. The first-order chi connectivity index (χ1) is 8.72. The Balaban J connectivity index is 2.24. The van der Waals surface area contributed by atoms with Crippen LogP contribution in [0.2, 0.25) is 0 Å². The lowest BCUT2D eigenvalue weighted by Crippen LogP contribution is -2.03. The molecule has 0 fully saturated rings. The summed E-state index contributed by atoms with van der Waals surface area (Å²) >= 11 is 0.938. The van der Waals surface area contributed by atoms with Crippen molar-refractivity contribution in [3.63, 3.8) is 0 Å². The van der Waals surface area contributed by atoms with Gasteiger partial charge in [-0.05, 0) is 36.0 Å². The highest BCUT2D eigenvalue weighted by molar-refractivity contribution is 8.14. The monoisotopic (exact) mass is 262 g/mol. The topological polar surface area (TPSA) is 56.5 Å². The van der Waals surface area contributed by atoms with E-state index in [-0.39, 0.29) is 10.9 Å². The number of rotatable bonds is 3. The minimum atomic E-state index is -0.467. The van der Waals surface area contributed by atoms with Crippen LogP contribution < -0.4 is 0 Å². The van der Waals surface area contributed by atoms with Gasteiger partial charge in [0.25, 0.3) is 5.12 Å². The molecule has 92 valence electrons. The van der Waals surface area contributed by atoms with E-state index in [1.165, 1.54) is 13.4 Å². The molecule has 18 heavy (non-hydrogen) atoms. The van der Waals surface area contributed by atoms with E-state index in [1.54, 1.807) is 36.4 Å². The van der Waals surface area contributed by atoms with Crippen molar-refractivity contribution >= 4 is 22.8 Å².